The number of rotatable bonds is 6. The van der Waals surface area contributed by atoms with Crippen LogP contribution in [0.1, 0.15) is 16.7 Å². The summed E-state index contributed by atoms with van der Waals surface area (Å²) < 4.78 is 25.1. The topological polar surface area (TPSA) is 42.2 Å². The lowest BCUT2D eigenvalue weighted by molar-refractivity contribution is 0.282. The first-order chi connectivity index (χ1) is 14.4. The number of nitriles is 1. The SMILES string of the molecule is COc1cc(/C=C(\C#N)c2ccc(Cl)cc2Cl)cc(Br)c1OCc1ccc(F)cc1. The van der Waals surface area contributed by atoms with E-state index in [4.69, 9.17) is 32.7 Å². The van der Waals surface area contributed by atoms with Gasteiger partial charge < -0.3 is 9.47 Å². The predicted molar refractivity (Wildman–Crippen MR) is 121 cm³/mol. The Morgan fingerprint density at radius 2 is 1.87 bits per heavy atom. The zero-order valence-electron chi connectivity index (χ0n) is 15.8. The molecular formula is C23H15BrCl2FNO2. The maximum Gasteiger partial charge on any atom is 0.175 e. The molecule has 0 aliphatic heterocycles. The van der Waals surface area contributed by atoms with Crippen molar-refractivity contribution < 1.29 is 13.9 Å². The molecule has 0 spiro atoms. The Morgan fingerprint density at radius 3 is 2.50 bits per heavy atom. The van der Waals surface area contributed by atoms with Crippen molar-refractivity contribution in [2.24, 2.45) is 0 Å². The van der Waals surface area contributed by atoms with Crippen molar-refractivity contribution in [2.45, 2.75) is 6.61 Å². The Labute approximate surface area is 192 Å². The van der Waals surface area contributed by atoms with Gasteiger partial charge >= 0.3 is 0 Å². The molecule has 3 aromatic rings. The van der Waals surface area contributed by atoms with E-state index in [2.05, 4.69) is 22.0 Å². The number of allylic oxidation sites excluding steroid dienone is 1. The first-order valence-electron chi connectivity index (χ1n) is 8.73. The van der Waals surface area contributed by atoms with Crippen LogP contribution in [0.2, 0.25) is 10.0 Å². The number of nitrogens with zero attached hydrogens (tertiary/aromatic N) is 1. The van der Waals surface area contributed by atoms with Gasteiger partial charge in [0.15, 0.2) is 11.5 Å². The molecule has 7 heteroatoms. The molecule has 0 heterocycles. The summed E-state index contributed by atoms with van der Waals surface area (Å²) in [6.45, 7) is 0.244. The summed E-state index contributed by atoms with van der Waals surface area (Å²) in [6.07, 6.45) is 1.70. The molecule has 0 aliphatic carbocycles. The van der Waals surface area contributed by atoms with Crippen LogP contribution in [-0.2, 0) is 6.61 Å². The van der Waals surface area contributed by atoms with Gasteiger partial charge in [-0.05, 0) is 69.5 Å². The van der Waals surface area contributed by atoms with E-state index in [1.807, 2.05) is 6.07 Å². The molecule has 3 nitrogen and oxygen atoms in total. The molecule has 0 aliphatic rings. The Bertz CT molecular complexity index is 1140. The van der Waals surface area contributed by atoms with Crippen LogP contribution in [0.15, 0.2) is 59.1 Å². The van der Waals surface area contributed by atoms with E-state index in [1.54, 1.807) is 42.5 Å². The van der Waals surface area contributed by atoms with Crippen LogP contribution in [0.4, 0.5) is 4.39 Å². The first kappa shape index (κ1) is 22.2. The summed E-state index contributed by atoms with van der Waals surface area (Å²) >= 11 is 15.7. The van der Waals surface area contributed by atoms with E-state index < -0.39 is 0 Å². The molecule has 152 valence electrons. The smallest absolute Gasteiger partial charge is 0.175 e. The molecule has 0 atom stereocenters. The number of ether oxygens (including phenoxy) is 2. The van der Waals surface area contributed by atoms with E-state index >= 15 is 0 Å². The summed E-state index contributed by atoms with van der Waals surface area (Å²) in [7, 11) is 1.53. The molecule has 3 aromatic carbocycles. The van der Waals surface area contributed by atoms with E-state index in [1.165, 1.54) is 19.2 Å². The third kappa shape index (κ3) is 5.34. The van der Waals surface area contributed by atoms with Crippen molar-refractivity contribution in [2.75, 3.05) is 7.11 Å². The lowest BCUT2D eigenvalue weighted by Crippen LogP contribution is -1.99. The number of hydrogen-bond donors (Lipinski definition) is 0. The van der Waals surface area contributed by atoms with Gasteiger partial charge in [0.25, 0.3) is 0 Å². The van der Waals surface area contributed by atoms with Gasteiger partial charge in [-0.15, -0.1) is 0 Å². The number of benzene rings is 3. The van der Waals surface area contributed by atoms with Crippen LogP contribution in [0, 0.1) is 17.1 Å². The molecule has 0 fully saturated rings. The van der Waals surface area contributed by atoms with Gasteiger partial charge in [0.05, 0.1) is 28.2 Å². The van der Waals surface area contributed by atoms with Gasteiger partial charge in [-0.25, -0.2) is 4.39 Å². The van der Waals surface area contributed by atoms with Crippen molar-refractivity contribution in [3.8, 4) is 17.6 Å². The average Bonchev–Trinajstić information content (AvgIpc) is 2.72. The molecule has 0 N–H and O–H groups in total. The fourth-order valence-electron chi connectivity index (χ4n) is 2.74. The van der Waals surface area contributed by atoms with Crippen LogP contribution in [-0.4, -0.2) is 7.11 Å². The zero-order valence-corrected chi connectivity index (χ0v) is 18.9. The molecule has 30 heavy (non-hydrogen) atoms. The fourth-order valence-corrected chi connectivity index (χ4v) is 3.83. The summed E-state index contributed by atoms with van der Waals surface area (Å²) in [5.41, 5.74) is 2.50. The minimum atomic E-state index is -0.303. The van der Waals surface area contributed by atoms with Gasteiger partial charge in [-0.3, -0.25) is 0 Å². The molecule has 0 aromatic heterocycles. The second-order valence-corrected chi connectivity index (χ2v) is 7.94. The zero-order chi connectivity index (χ0) is 21.7. The Hall–Kier alpha value is -2.52. The molecule has 0 bridgehead atoms. The van der Waals surface area contributed by atoms with Crippen molar-refractivity contribution in [1.29, 1.82) is 5.26 Å². The maximum absolute atomic E-state index is 13.1. The molecular weight excluding hydrogens is 492 g/mol. The van der Waals surface area contributed by atoms with Gasteiger partial charge in [-0.1, -0.05) is 41.4 Å². The molecule has 0 unspecified atom stereocenters. The van der Waals surface area contributed by atoms with E-state index in [-0.39, 0.29) is 12.4 Å². The second kappa shape index (κ2) is 9.99. The highest BCUT2D eigenvalue weighted by atomic mass is 79.9. The number of methoxy groups -OCH3 is 1. The highest BCUT2D eigenvalue weighted by molar-refractivity contribution is 9.10. The predicted octanol–water partition coefficient (Wildman–Crippen LogP) is 7.55. The van der Waals surface area contributed by atoms with Crippen LogP contribution in [0.3, 0.4) is 0 Å². The van der Waals surface area contributed by atoms with E-state index in [0.717, 1.165) is 11.1 Å². The average molecular weight is 507 g/mol. The van der Waals surface area contributed by atoms with E-state index in [0.29, 0.717) is 37.2 Å². The van der Waals surface area contributed by atoms with Crippen LogP contribution < -0.4 is 9.47 Å². The van der Waals surface area contributed by atoms with E-state index in [9.17, 15) is 9.65 Å². The first-order valence-corrected chi connectivity index (χ1v) is 10.3. The van der Waals surface area contributed by atoms with Gasteiger partial charge in [0.1, 0.15) is 12.4 Å². The van der Waals surface area contributed by atoms with Gasteiger partial charge in [-0.2, -0.15) is 5.26 Å². The van der Waals surface area contributed by atoms with Crippen molar-refractivity contribution in [3.05, 3.63) is 91.6 Å². The van der Waals surface area contributed by atoms with Crippen molar-refractivity contribution in [3.63, 3.8) is 0 Å². The highest BCUT2D eigenvalue weighted by Gasteiger charge is 2.13. The standard InChI is InChI=1S/C23H15BrCl2FNO2/c1-29-22-10-15(8-16(12-28)19-7-4-17(25)11-21(19)26)9-20(24)23(22)30-13-14-2-5-18(27)6-3-14/h2-11H,13H2,1H3/b16-8+. The summed E-state index contributed by atoms with van der Waals surface area (Å²) in [5, 5.41) is 10.5. The minimum Gasteiger partial charge on any atom is -0.493 e. The molecule has 0 saturated heterocycles. The minimum absolute atomic E-state index is 0.244. The van der Waals surface area contributed by atoms with Crippen LogP contribution in [0.5, 0.6) is 11.5 Å². The molecule has 0 saturated carbocycles. The third-order valence-corrected chi connectivity index (χ3v) is 5.34. The Kier molecular flexibility index (Phi) is 7.38. The Balaban J connectivity index is 1.91. The van der Waals surface area contributed by atoms with Gasteiger partial charge in [0.2, 0.25) is 0 Å². The van der Waals surface area contributed by atoms with Crippen molar-refractivity contribution >= 4 is 50.8 Å². The monoisotopic (exact) mass is 505 g/mol. The summed E-state index contributed by atoms with van der Waals surface area (Å²) in [5.74, 6) is 0.682. The summed E-state index contributed by atoms with van der Waals surface area (Å²) in [4.78, 5) is 0. The lowest BCUT2D eigenvalue weighted by Gasteiger charge is -2.14. The lowest BCUT2D eigenvalue weighted by atomic mass is 10.0. The summed E-state index contributed by atoms with van der Waals surface area (Å²) in [6, 6.07) is 16.8. The Morgan fingerprint density at radius 1 is 1.13 bits per heavy atom. The number of halogens is 4. The second-order valence-electron chi connectivity index (χ2n) is 6.24. The van der Waals surface area contributed by atoms with Gasteiger partial charge in [0, 0.05) is 10.6 Å². The fraction of sp³-hybridized carbons (Fsp3) is 0.0870. The highest BCUT2D eigenvalue weighted by Crippen LogP contribution is 2.38. The van der Waals surface area contributed by atoms with Crippen LogP contribution in [0.25, 0.3) is 11.6 Å². The van der Waals surface area contributed by atoms with Crippen molar-refractivity contribution in [1.82, 2.24) is 0 Å². The maximum atomic E-state index is 13.1. The largest absolute Gasteiger partial charge is 0.493 e. The molecule has 0 radical (unpaired) electrons. The number of hydrogen-bond acceptors (Lipinski definition) is 3. The van der Waals surface area contributed by atoms with Crippen LogP contribution >= 0.6 is 39.1 Å². The normalized spacial score (nSPS) is 11.1. The molecule has 0 amide bonds. The third-order valence-electron chi connectivity index (χ3n) is 4.20. The quantitative estimate of drug-likeness (QED) is 0.256. The molecule has 3 rings (SSSR count).